The molecule has 0 saturated heterocycles. The summed E-state index contributed by atoms with van der Waals surface area (Å²) in [6.45, 7) is 2.38. The lowest BCUT2D eigenvalue weighted by molar-refractivity contribution is 0.626. The molecule has 0 saturated carbocycles. The Labute approximate surface area is 93.4 Å². The molecule has 1 aromatic carbocycles. The van der Waals surface area contributed by atoms with Crippen molar-refractivity contribution in [2.45, 2.75) is 13.5 Å². The lowest BCUT2D eigenvalue weighted by Crippen LogP contribution is -2.02. The number of anilines is 1. The van der Waals surface area contributed by atoms with Gasteiger partial charge in [-0.1, -0.05) is 12.1 Å². The molecule has 0 bridgehead atoms. The van der Waals surface area contributed by atoms with Crippen molar-refractivity contribution in [3.63, 3.8) is 0 Å². The predicted molar refractivity (Wildman–Crippen MR) is 60.5 cm³/mol. The zero-order valence-electron chi connectivity index (χ0n) is 8.94. The van der Waals surface area contributed by atoms with E-state index in [1.54, 1.807) is 18.3 Å². The number of halogens is 1. The molecule has 0 unspecified atom stereocenters. The number of rotatable bonds is 3. The number of hydrogen-bond acceptors (Lipinski definition) is 3. The van der Waals surface area contributed by atoms with Gasteiger partial charge in [-0.3, -0.25) is 0 Å². The van der Waals surface area contributed by atoms with E-state index in [-0.39, 0.29) is 5.82 Å². The second kappa shape index (κ2) is 4.70. The molecular weight excluding hydrogens is 205 g/mol. The van der Waals surface area contributed by atoms with Crippen LogP contribution in [0.4, 0.5) is 10.2 Å². The number of nitrogens with one attached hydrogen (secondary N) is 1. The topological polar surface area (TPSA) is 37.8 Å². The summed E-state index contributed by atoms with van der Waals surface area (Å²) in [4.78, 5) is 8.19. The molecule has 2 rings (SSSR count). The summed E-state index contributed by atoms with van der Waals surface area (Å²) in [5.41, 5.74) is 0.885. The maximum absolute atomic E-state index is 12.9. The molecule has 82 valence electrons. The first-order valence-electron chi connectivity index (χ1n) is 5.02. The van der Waals surface area contributed by atoms with Crippen LogP contribution in [-0.4, -0.2) is 9.97 Å². The summed E-state index contributed by atoms with van der Waals surface area (Å²) in [7, 11) is 0. The van der Waals surface area contributed by atoms with Gasteiger partial charge in [-0.25, -0.2) is 14.4 Å². The number of aromatic nitrogens is 2. The fourth-order valence-electron chi connectivity index (χ4n) is 1.39. The maximum atomic E-state index is 12.9. The Morgan fingerprint density at radius 1 is 1.31 bits per heavy atom. The normalized spacial score (nSPS) is 10.1. The molecule has 0 amide bonds. The van der Waals surface area contributed by atoms with Crippen LogP contribution in [0.25, 0.3) is 0 Å². The van der Waals surface area contributed by atoms with Crippen LogP contribution in [-0.2, 0) is 6.54 Å². The molecule has 1 aromatic heterocycles. The first-order valence-corrected chi connectivity index (χ1v) is 5.02. The lowest BCUT2D eigenvalue weighted by atomic mass is 10.2. The van der Waals surface area contributed by atoms with Crippen LogP contribution < -0.4 is 5.32 Å². The number of hydrogen-bond donors (Lipinski definition) is 1. The van der Waals surface area contributed by atoms with E-state index in [1.807, 2.05) is 13.0 Å². The van der Waals surface area contributed by atoms with E-state index in [2.05, 4.69) is 15.3 Å². The van der Waals surface area contributed by atoms with Crippen molar-refractivity contribution in [3.05, 3.63) is 53.7 Å². The standard InChI is InChI=1S/C12H12FN3/c1-9-14-6-5-12(16-9)15-8-10-3-2-4-11(13)7-10/h2-7H,8H2,1H3,(H,14,15,16). The van der Waals surface area contributed by atoms with Crippen LogP contribution in [0.1, 0.15) is 11.4 Å². The van der Waals surface area contributed by atoms with Crippen molar-refractivity contribution in [1.29, 1.82) is 0 Å². The van der Waals surface area contributed by atoms with Gasteiger partial charge in [0.2, 0.25) is 0 Å². The molecule has 0 fully saturated rings. The Kier molecular flexibility index (Phi) is 3.10. The Balaban J connectivity index is 2.02. The van der Waals surface area contributed by atoms with Gasteiger partial charge < -0.3 is 5.32 Å². The summed E-state index contributed by atoms with van der Waals surface area (Å²) in [5, 5.41) is 3.11. The Morgan fingerprint density at radius 3 is 2.94 bits per heavy atom. The van der Waals surface area contributed by atoms with Crippen molar-refractivity contribution < 1.29 is 4.39 Å². The van der Waals surface area contributed by atoms with E-state index in [4.69, 9.17) is 0 Å². The van der Waals surface area contributed by atoms with Crippen LogP contribution in [0.3, 0.4) is 0 Å². The van der Waals surface area contributed by atoms with Gasteiger partial charge >= 0.3 is 0 Å². The molecule has 0 radical (unpaired) electrons. The predicted octanol–water partition coefficient (Wildman–Crippen LogP) is 2.54. The van der Waals surface area contributed by atoms with Crippen molar-refractivity contribution in [3.8, 4) is 0 Å². The van der Waals surface area contributed by atoms with Crippen molar-refractivity contribution in [1.82, 2.24) is 9.97 Å². The van der Waals surface area contributed by atoms with Gasteiger partial charge in [0, 0.05) is 12.7 Å². The van der Waals surface area contributed by atoms with E-state index >= 15 is 0 Å². The highest BCUT2D eigenvalue weighted by molar-refractivity contribution is 5.34. The van der Waals surface area contributed by atoms with Crippen LogP contribution in [0.2, 0.25) is 0 Å². The van der Waals surface area contributed by atoms with Crippen LogP contribution in [0, 0.1) is 12.7 Å². The minimum Gasteiger partial charge on any atom is -0.366 e. The first kappa shape index (κ1) is 10.5. The van der Waals surface area contributed by atoms with Crippen LogP contribution in [0.5, 0.6) is 0 Å². The molecule has 0 aliphatic rings. The van der Waals surface area contributed by atoms with Crippen LogP contribution >= 0.6 is 0 Å². The fourth-order valence-corrected chi connectivity index (χ4v) is 1.39. The largest absolute Gasteiger partial charge is 0.366 e. The maximum Gasteiger partial charge on any atom is 0.129 e. The molecular formula is C12H12FN3. The molecule has 0 aliphatic carbocycles. The number of benzene rings is 1. The molecule has 4 heteroatoms. The minimum atomic E-state index is -0.224. The first-order chi connectivity index (χ1) is 7.74. The van der Waals surface area contributed by atoms with E-state index in [1.165, 1.54) is 12.1 Å². The number of aryl methyl sites for hydroxylation is 1. The molecule has 2 aromatic rings. The molecule has 1 heterocycles. The van der Waals surface area contributed by atoms with Gasteiger partial charge in [-0.15, -0.1) is 0 Å². The molecule has 16 heavy (non-hydrogen) atoms. The van der Waals surface area contributed by atoms with Gasteiger partial charge in [0.15, 0.2) is 0 Å². The van der Waals surface area contributed by atoms with Gasteiger partial charge in [-0.05, 0) is 30.7 Å². The summed E-state index contributed by atoms with van der Waals surface area (Å²) in [6, 6.07) is 8.27. The quantitative estimate of drug-likeness (QED) is 0.858. The minimum absolute atomic E-state index is 0.224. The summed E-state index contributed by atoms with van der Waals surface area (Å²) >= 11 is 0. The van der Waals surface area contributed by atoms with E-state index in [0.717, 1.165) is 11.4 Å². The highest BCUT2D eigenvalue weighted by Gasteiger charge is 1.97. The molecule has 1 N–H and O–H groups in total. The monoisotopic (exact) mass is 217 g/mol. The fraction of sp³-hybridized carbons (Fsp3) is 0.167. The number of nitrogens with zero attached hydrogens (tertiary/aromatic N) is 2. The summed E-state index contributed by atoms with van der Waals surface area (Å²) < 4.78 is 12.9. The van der Waals surface area contributed by atoms with Crippen LogP contribution in [0.15, 0.2) is 36.5 Å². The average Bonchev–Trinajstić information content (AvgIpc) is 2.27. The van der Waals surface area contributed by atoms with E-state index in [9.17, 15) is 4.39 Å². The third-order valence-corrected chi connectivity index (χ3v) is 2.14. The summed E-state index contributed by atoms with van der Waals surface area (Å²) in [5.74, 6) is 1.24. The third kappa shape index (κ3) is 2.76. The van der Waals surface area contributed by atoms with Gasteiger partial charge in [0.05, 0.1) is 0 Å². The smallest absolute Gasteiger partial charge is 0.129 e. The highest BCUT2D eigenvalue weighted by Crippen LogP contribution is 2.07. The van der Waals surface area contributed by atoms with Crippen molar-refractivity contribution in [2.24, 2.45) is 0 Å². The second-order valence-electron chi connectivity index (χ2n) is 3.47. The SMILES string of the molecule is Cc1nccc(NCc2cccc(F)c2)n1. The molecule has 3 nitrogen and oxygen atoms in total. The lowest BCUT2D eigenvalue weighted by Gasteiger charge is -2.05. The van der Waals surface area contributed by atoms with Crippen molar-refractivity contribution in [2.75, 3.05) is 5.32 Å². The zero-order valence-corrected chi connectivity index (χ0v) is 8.94. The highest BCUT2D eigenvalue weighted by atomic mass is 19.1. The zero-order chi connectivity index (χ0) is 11.4. The second-order valence-corrected chi connectivity index (χ2v) is 3.47. The van der Waals surface area contributed by atoms with Crippen molar-refractivity contribution >= 4 is 5.82 Å². The molecule has 0 spiro atoms. The van der Waals surface area contributed by atoms with Gasteiger partial charge in [0.1, 0.15) is 17.5 Å². The van der Waals surface area contributed by atoms with E-state index < -0.39 is 0 Å². The third-order valence-electron chi connectivity index (χ3n) is 2.14. The Morgan fingerprint density at radius 2 is 2.19 bits per heavy atom. The van der Waals surface area contributed by atoms with Gasteiger partial charge in [0.25, 0.3) is 0 Å². The molecule has 0 aliphatic heterocycles. The van der Waals surface area contributed by atoms with E-state index in [0.29, 0.717) is 12.4 Å². The van der Waals surface area contributed by atoms with Gasteiger partial charge in [-0.2, -0.15) is 0 Å². The average molecular weight is 217 g/mol. The molecule has 0 atom stereocenters. The Hall–Kier alpha value is -1.97. The summed E-state index contributed by atoms with van der Waals surface area (Å²) in [6.07, 6.45) is 1.69. The Bertz CT molecular complexity index is 440.